The standard InChI is InChI=1S/C17H12O4/c18-11-17(12-19,15(20)13-7-3-1-4-8-13)16(21)14-9-5-2-6-10-14/h1-12H. The van der Waals surface area contributed by atoms with E-state index in [4.69, 9.17) is 0 Å². The number of carbonyl (C=O) groups excluding carboxylic acids is 4. The smallest absolute Gasteiger partial charge is 0.206 e. The van der Waals surface area contributed by atoms with Gasteiger partial charge in [0.1, 0.15) is 12.6 Å². The van der Waals surface area contributed by atoms with Gasteiger partial charge in [0.2, 0.25) is 5.41 Å². The third kappa shape index (κ3) is 2.56. The lowest BCUT2D eigenvalue weighted by Gasteiger charge is -2.18. The Morgan fingerprint density at radius 1 is 0.667 bits per heavy atom. The van der Waals surface area contributed by atoms with Crippen molar-refractivity contribution in [3.05, 3.63) is 71.8 Å². The molecule has 2 aromatic rings. The lowest BCUT2D eigenvalue weighted by molar-refractivity contribution is -0.120. The number of rotatable bonds is 6. The van der Waals surface area contributed by atoms with Crippen molar-refractivity contribution in [2.24, 2.45) is 5.41 Å². The highest BCUT2D eigenvalue weighted by Gasteiger charge is 2.46. The molecule has 0 aliphatic heterocycles. The molecule has 21 heavy (non-hydrogen) atoms. The average Bonchev–Trinajstić information content (AvgIpc) is 2.57. The van der Waals surface area contributed by atoms with Gasteiger partial charge in [-0.05, 0) is 0 Å². The maximum absolute atomic E-state index is 12.5. The zero-order valence-electron chi connectivity index (χ0n) is 11.1. The first-order valence-electron chi connectivity index (χ1n) is 6.28. The van der Waals surface area contributed by atoms with Crippen LogP contribution in [-0.2, 0) is 9.59 Å². The number of aldehydes is 2. The quantitative estimate of drug-likeness (QED) is 0.462. The van der Waals surface area contributed by atoms with Gasteiger partial charge in [0, 0.05) is 11.1 Å². The summed E-state index contributed by atoms with van der Waals surface area (Å²) in [6.45, 7) is 0. The Balaban J connectivity index is 2.51. The van der Waals surface area contributed by atoms with Crippen LogP contribution in [0, 0.1) is 5.41 Å². The average molecular weight is 280 g/mol. The Morgan fingerprint density at radius 2 is 1.00 bits per heavy atom. The summed E-state index contributed by atoms with van der Waals surface area (Å²) in [7, 11) is 0. The van der Waals surface area contributed by atoms with Gasteiger partial charge in [0.15, 0.2) is 11.6 Å². The van der Waals surface area contributed by atoms with E-state index >= 15 is 0 Å². The van der Waals surface area contributed by atoms with Crippen LogP contribution in [0.3, 0.4) is 0 Å². The minimum absolute atomic E-state index is 0.116. The molecule has 0 spiro atoms. The van der Waals surface area contributed by atoms with Crippen LogP contribution in [0.2, 0.25) is 0 Å². The van der Waals surface area contributed by atoms with E-state index in [9.17, 15) is 19.2 Å². The minimum atomic E-state index is -2.33. The third-order valence-corrected chi connectivity index (χ3v) is 3.20. The molecule has 0 atom stereocenters. The predicted octanol–water partition coefficient (Wildman–Crippen LogP) is 2.14. The third-order valence-electron chi connectivity index (χ3n) is 3.20. The fraction of sp³-hybridized carbons (Fsp3) is 0.0588. The maximum atomic E-state index is 12.5. The van der Waals surface area contributed by atoms with E-state index in [0.29, 0.717) is 0 Å². The summed E-state index contributed by atoms with van der Waals surface area (Å²) in [5, 5.41) is 0. The van der Waals surface area contributed by atoms with Crippen LogP contribution in [0.5, 0.6) is 0 Å². The van der Waals surface area contributed by atoms with Gasteiger partial charge in [0.05, 0.1) is 0 Å². The molecular formula is C17H12O4. The molecule has 0 aliphatic carbocycles. The van der Waals surface area contributed by atoms with E-state index in [1.165, 1.54) is 24.3 Å². The Bertz CT molecular complexity index is 613. The minimum Gasteiger partial charge on any atom is -0.301 e. The van der Waals surface area contributed by atoms with Crippen LogP contribution < -0.4 is 0 Å². The molecule has 0 N–H and O–H groups in total. The molecule has 0 radical (unpaired) electrons. The largest absolute Gasteiger partial charge is 0.301 e. The van der Waals surface area contributed by atoms with Crippen LogP contribution >= 0.6 is 0 Å². The highest BCUT2D eigenvalue weighted by Crippen LogP contribution is 2.24. The van der Waals surface area contributed by atoms with Crippen LogP contribution in [0.4, 0.5) is 0 Å². The fourth-order valence-corrected chi connectivity index (χ4v) is 2.00. The summed E-state index contributed by atoms with van der Waals surface area (Å²) in [4.78, 5) is 47.8. The van der Waals surface area contributed by atoms with Gasteiger partial charge in [-0.3, -0.25) is 9.59 Å². The second-order valence-electron chi connectivity index (χ2n) is 4.50. The summed E-state index contributed by atoms with van der Waals surface area (Å²) in [6, 6.07) is 15.6. The first-order valence-corrected chi connectivity index (χ1v) is 6.28. The highest BCUT2D eigenvalue weighted by molar-refractivity contribution is 6.37. The molecule has 4 nitrogen and oxygen atoms in total. The molecule has 0 aromatic heterocycles. The Kier molecular flexibility index (Phi) is 4.18. The zero-order chi connectivity index (χ0) is 15.3. The van der Waals surface area contributed by atoms with Gasteiger partial charge in [-0.15, -0.1) is 0 Å². The Hall–Kier alpha value is -2.88. The van der Waals surface area contributed by atoms with E-state index < -0.39 is 17.0 Å². The van der Waals surface area contributed by atoms with Crippen LogP contribution in [0.25, 0.3) is 0 Å². The van der Waals surface area contributed by atoms with Crippen molar-refractivity contribution in [3.8, 4) is 0 Å². The number of Topliss-reactive ketones (excluding diaryl/α,β-unsaturated/α-hetero) is 2. The summed E-state index contributed by atoms with van der Waals surface area (Å²) in [5.74, 6) is -1.64. The maximum Gasteiger partial charge on any atom is 0.206 e. The number of carbonyl (C=O) groups is 4. The van der Waals surface area contributed by atoms with Crippen LogP contribution in [-0.4, -0.2) is 24.1 Å². The summed E-state index contributed by atoms with van der Waals surface area (Å²) >= 11 is 0. The highest BCUT2D eigenvalue weighted by atomic mass is 16.2. The first kappa shape index (κ1) is 14.5. The van der Waals surface area contributed by atoms with Crippen molar-refractivity contribution in [2.45, 2.75) is 0 Å². The number of ketones is 2. The molecule has 0 fully saturated rings. The second kappa shape index (κ2) is 6.05. The van der Waals surface area contributed by atoms with Gasteiger partial charge < -0.3 is 9.59 Å². The van der Waals surface area contributed by atoms with E-state index in [1.807, 2.05) is 0 Å². The summed E-state index contributed by atoms with van der Waals surface area (Å²) < 4.78 is 0. The van der Waals surface area contributed by atoms with E-state index in [1.54, 1.807) is 36.4 Å². The van der Waals surface area contributed by atoms with Crippen molar-refractivity contribution in [2.75, 3.05) is 0 Å². The van der Waals surface area contributed by atoms with Crippen molar-refractivity contribution in [3.63, 3.8) is 0 Å². The van der Waals surface area contributed by atoms with Crippen molar-refractivity contribution < 1.29 is 19.2 Å². The van der Waals surface area contributed by atoms with Crippen molar-refractivity contribution in [1.82, 2.24) is 0 Å². The molecular weight excluding hydrogens is 268 g/mol. The molecule has 0 unspecified atom stereocenters. The van der Waals surface area contributed by atoms with Crippen LogP contribution in [0.15, 0.2) is 60.7 Å². The molecule has 4 heteroatoms. The van der Waals surface area contributed by atoms with Crippen molar-refractivity contribution >= 4 is 24.1 Å². The molecule has 2 rings (SSSR count). The molecule has 0 bridgehead atoms. The monoisotopic (exact) mass is 280 g/mol. The second-order valence-corrected chi connectivity index (χ2v) is 4.50. The molecule has 2 aromatic carbocycles. The predicted molar refractivity (Wildman–Crippen MR) is 76.1 cm³/mol. The van der Waals surface area contributed by atoms with E-state index in [2.05, 4.69) is 0 Å². The lowest BCUT2D eigenvalue weighted by atomic mass is 9.77. The SMILES string of the molecule is O=CC(C=O)(C(=O)c1ccccc1)C(=O)c1ccccc1. The zero-order valence-corrected chi connectivity index (χ0v) is 11.1. The number of hydrogen-bond acceptors (Lipinski definition) is 4. The fourth-order valence-electron chi connectivity index (χ4n) is 2.00. The van der Waals surface area contributed by atoms with E-state index in [0.717, 1.165) is 0 Å². The topological polar surface area (TPSA) is 68.3 Å². The van der Waals surface area contributed by atoms with Gasteiger partial charge >= 0.3 is 0 Å². The first-order chi connectivity index (χ1) is 10.2. The Morgan fingerprint density at radius 3 is 1.29 bits per heavy atom. The number of benzene rings is 2. The Labute approximate surface area is 121 Å². The molecule has 0 saturated heterocycles. The summed E-state index contributed by atoms with van der Waals surface area (Å²) in [6.07, 6.45) is 0.231. The summed E-state index contributed by atoms with van der Waals surface area (Å²) in [5.41, 5.74) is -2.05. The normalized spacial score (nSPS) is 10.7. The molecule has 0 heterocycles. The molecule has 104 valence electrons. The lowest BCUT2D eigenvalue weighted by Crippen LogP contribution is -2.42. The van der Waals surface area contributed by atoms with Gasteiger partial charge in [-0.25, -0.2) is 0 Å². The molecule has 0 saturated carbocycles. The van der Waals surface area contributed by atoms with Gasteiger partial charge in [0.25, 0.3) is 0 Å². The van der Waals surface area contributed by atoms with Crippen LogP contribution in [0.1, 0.15) is 20.7 Å². The van der Waals surface area contributed by atoms with Gasteiger partial charge in [-0.2, -0.15) is 0 Å². The van der Waals surface area contributed by atoms with E-state index in [-0.39, 0.29) is 23.7 Å². The van der Waals surface area contributed by atoms with Gasteiger partial charge in [-0.1, -0.05) is 60.7 Å². The molecule has 0 amide bonds. The van der Waals surface area contributed by atoms with Crippen molar-refractivity contribution in [1.29, 1.82) is 0 Å². The molecule has 0 aliphatic rings. The number of hydrogen-bond donors (Lipinski definition) is 0.